The quantitative estimate of drug-likeness (QED) is 0.910. The van der Waals surface area contributed by atoms with Crippen molar-refractivity contribution >= 4 is 15.9 Å². The molecule has 1 aliphatic rings. The smallest absolute Gasteiger partial charge is 0.124 e. The molecule has 2 N–H and O–H groups in total. The summed E-state index contributed by atoms with van der Waals surface area (Å²) in [6.07, 6.45) is 4.33. The molecule has 0 bridgehead atoms. The van der Waals surface area contributed by atoms with E-state index in [1.807, 2.05) is 6.20 Å². The SMILES string of the molecule is Fc1ccc(-c2[nH]ncc2CNC2CC2)c(Br)c1. The molecule has 18 heavy (non-hydrogen) atoms. The number of benzene rings is 1. The van der Waals surface area contributed by atoms with Crippen LogP contribution in [0.15, 0.2) is 28.9 Å². The first kappa shape index (κ1) is 11.9. The summed E-state index contributed by atoms with van der Waals surface area (Å²) in [5.74, 6) is -0.247. The summed E-state index contributed by atoms with van der Waals surface area (Å²) in [5, 5.41) is 10.5. The van der Waals surface area contributed by atoms with E-state index in [0.717, 1.165) is 27.8 Å². The monoisotopic (exact) mass is 309 g/mol. The fraction of sp³-hybridized carbons (Fsp3) is 0.308. The molecule has 3 nitrogen and oxygen atoms in total. The van der Waals surface area contributed by atoms with Crippen LogP contribution in [0, 0.1) is 5.82 Å². The molecular formula is C13H13BrFN3. The van der Waals surface area contributed by atoms with E-state index in [4.69, 9.17) is 0 Å². The molecule has 5 heteroatoms. The molecule has 3 rings (SSSR count). The number of halogens is 2. The molecule has 1 heterocycles. The lowest BCUT2D eigenvalue weighted by Gasteiger charge is -2.06. The lowest BCUT2D eigenvalue weighted by molar-refractivity contribution is 0.627. The molecule has 94 valence electrons. The van der Waals surface area contributed by atoms with Gasteiger partial charge in [-0.25, -0.2) is 4.39 Å². The molecule has 0 aliphatic heterocycles. The molecule has 1 saturated carbocycles. The van der Waals surface area contributed by atoms with E-state index in [-0.39, 0.29) is 5.82 Å². The molecule has 1 aliphatic carbocycles. The Morgan fingerprint density at radius 1 is 1.44 bits per heavy atom. The summed E-state index contributed by atoms with van der Waals surface area (Å²) >= 11 is 3.39. The summed E-state index contributed by atoms with van der Waals surface area (Å²) in [6.45, 7) is 0.792. The van der Waals surface area contributed by atoms with Crippen LogP contribution in [0.4, 0.5) is 4.39 Å². The van der Waals surface area contributed by atoms with Crippen LogP contribution in [0.5, 0.6) is 0 Å². The number of hydrogen-bond donors (Lipinski definition) is 2. The highest BCUT2D eigenvalue weighted by atomic mass is 79.9. The van der Waals surface area contributed by atoms with Crippen molar-refractivity contribution in [1.82, 2.24) is 15.5 Å². The highest BCUT2D eigenvalue weighted by Gasteiger charge is 2.21. The number of hydrogen-bond acceptors (Lipinski definition) is 2. The van der Waals surface area contributed by atoms with Crippen molar-refractivity contribution < 1.29 is 4.39 Å². The topological polar surface area (TPSA) is 40.7 Å². The predicted molar refractivity (Wildman–Crippen MR) is 71.5 cm³/mol. The number of aromatic amines is 1. The van der Waals surface area contributed by atoms with Gasteiger partial charge in [0.1, 0.15) is 5.82 Å². The first-order valence-electron chi connectivity index (χ1n) is 5.95. The molecular weight excluding hydrogens is 297 g/mol. The van der Waals surface area contributed by atoms with Gasteiger partial charge in [-0.2, -0.15) is 5.10 Å². The van der Waals surface area contributed by atoms with Gasteiger partial charge in [0.05, 0.1) is 11.9 Å². The van der Waals surface area contributed by atoms with Crippen molar-refractivity contribution in [2.24, 2.45) is 0 Å². The van der Waals surface area contributed by atoms with Crippen LogP contribution in [0.25, 0.3) is 11.3 Å². The maximum atomic E-state index is 13.1. The van der Waals surface area contributed by atoms with Gasteiger partial charge in [0.25, 0.3) is 0 Å². The maximum absolute atomic E-state index is 13.1. The van der Waals surface area contributed by atoms with Gasteiger partial charge in [0, 0.05) is 28.2 Å². The van der Waals surface area contributed by atoms with Crippen molar-refractivity contribution in [3.8, 4) is 11.3 Å². The van der Waals surface area contributed by atoms with Crippen LogP contribution >= 0.6 is 15.9 Å². The molecule has 0 radical (unpaired) electrons. The molecule has 0 saturated heterocycles. The van der Waals surface area contributed by atoms with E-state index in [1.54, 1.807) is 6.07 Å². The van der Waals surface area contributed by atoms with Crippen molar-refractivity contribution in [1.29, 1.82) is 0 Å². The van der Waals surface area contributed by atoms with Crippen LogP contribution in [-0.2, 0) is 6.54 Å². The first-order chi connectivity index (χ1) is 8.74. The normalized spacial score (nSPS) is 15.0. The predicted octanol–water partition coefficient (Wildman–Crippen LogP) is 3.23. The van der Waals surface area contributed by atoms with E-state index >= 15 is 0 Å². The van der Waals surface area contributed by atoms with Gasteiger partial charge in [-0.1, -0.05) is 0 Å². The largest absolute Gasteiger partial charge is 0.310 e. The lowest BCUT2D eigenvalue weighted by Crippen LogP contribution is -2.15. The van der Waals surface area contributed by atoms with Gasteiger partial charge in [-0.05, 0) is 47.0 Å². The Kier molecular flexibility index (Phi) is 3.18. The van der Waals surface area contributed by atoms with Gasteiger partial charge in [-0.15, -0.1) is 0 Å². The van der Waals surface area contributed by atoms with E-state index in [1.165, 1.54) is 25.0 Å². The zero-order valence-corrected chi connectivity index (χ0v) is 11.3. The van der Waals surface area contributed by atoms with E-state index in [0.29, 0.717) is 6.04 Å². The summed E-state index contributed by atoms with van der Waals surface area (Å²) in [6, 6.07) is 5.34. The molecule has 0 atom stereocenters. The average molecular weight is 310 g/mol. The van der Waals surface area contributed by atoms with Gasteiger partial charge in [0.2, 0.25) is 0 Å². The fourth-order valence-corrected chi connectivity index (χ4v) is 2.46. The zero-order chi connectivity index (χ0) is 12.5. The maximum Gasteiger partial charge on any atom is 0.124 e. The van der Waals surface area contributed by atoms with Crippen molar-refractivity contribution in [3.63, 3.8) is 0 Å². The standard InChI is InChI=1S/C13H13BrFN3/c14-12-5-9(15)1-4-11(12)13-8(7-17-18-13)6-16-10-2-3-10/h1,4-5,7,10,16H,2-3,6H2,(H,17,18). The van der Waals surface area contributed by atoms with E-state index in [9.17, 15) is 4.39 Å². The molecule has 1 aromatic carbocycles. The van der Waals surface area contributed by atoms with Crippen molar-refractivity contribution in [2.75, 3.05) is 0 Å². The minimum Gasteiger partial charge on any atom is -0.310 e. The van der Waals surface area contributed by atoms with Gasteiger partial charge in [0.15, 0.2) is 0 Å². The molecule has 0 unspecified atom stereocenters. The highest BCUT2D eigenvalue weighted by molar-refractivity contribution is 9.10. The van der Waals surface area contributed by atoms with Crippen LogP contribution in [-0.4, -0.2) is 16.2 Å². The Hall–Kier alpha value is -1.20. The molecule has 1 aromatic heterocycles. The second kappa shape index (κ2) is 4.82. The Balaban J connectivity index is 1.88. The average Bonchev–Trinajstić information content (AvgIpc) is 3.06. The third-order valence-corrected chi connectivity index (χ3v) is 3.73. The van der Waals surface area contributed by atoms with E-state index in [2.05, 4.69) is 31.4 Å². The number of aromatic nitrogens is 2. The molecule has 1 fully saturated rings. The summed E-state index contributed by atoms with van der Waals surface area (Å²) in [4.78, 5) is 0. The number of nitrogens with zero attached hydrogens (tertiary/aromatic N) is 1. The second-order valence-electron chi connectivity index (χ2n) is 4.55. The van der Waals surface area contributed by atoms with Crippen LogP contribution in [0.3, 0.4) is 0 Å². The third kappa shape index (κ3) is 2.47. The molecule has 2 aromatic rings. The summed E-state index contributed by atoms with van der Waals surface area (Å²) in [7, 11) is 0. The van der Waals surface area contributed by atoms with Gasteiger partial charge < -0.3 is 5.32 Å². The van der Waals surface area contributed by atoms with Crippen LogP contribution < -0.4 is 5.32 Å². The van der Waals surface area contributed by atoms with Gasteiger partial charge in [-0.3, -0.25) is 5.10 Å². The van der Waals surface area contributed by atoms with Crippen molar-refractivity contribution in [2.45, 2.75) is 25.4 Å². The highest BCUT2D eigenvalue weighted by Crippen LogP contribution is 2.30. The first-order valence-corrected chi connectivity index (χ1v) is 6.74. The Bertz CT molecular complexity index is 563. The molecule has 0 spiro atoms. The lowest BCUT2D eigenvalue weighted by atomic mass is 10.1. The van der Waals surface area contributed by atoms with Crippen LogP contribution in [0.2, 0.25) is 0 Å². The fourth-order valence-electron chi connectivity index (χ4n) is 1.91. The zero-order valence-electron chi connectivity index (χ0n) is 9.71. The van der Waals surface area contributed by atoms with E-state index < -0.39 is 0 Å². The Morgan fingerprint density at radius 2 is 2.28 bits per heavy atom. The third-order valence-electron chi connectivity index (χ3n) is 3.08. The number of nitrogens with one attached hydrogen (secondary N) is 2. The minimum atomic E-state index is -0.247. The van der Waals surface area contributed by atoms with Gasteiger partial charge >= 0.3 is 0 Å². The Morgan fingerprint density at radius 3 is 3.00 bits per heavy atom. The molecule has 0 amide bonds. The Labute approximate surface area is 113 Å². The van der Waals surface area contributed by atoms with Crippen molar-refractivity contribution in [3.05, 3.63) is 40.2 Å². The second-order valence-corrected chi connectivity index (χ2v) is 5.40. The van der Waals surface area contributed by atoms with Crippen LogP contribution in [0.1, 0.15) is 18.4 Å². The minimum absolute atomic E-state index is 0.247. The summed E-state index contributed by atoms with van der Waals surface area (Å²) < 4.78 is 13.8. The number of H-pyrrole nitrogens is 1. The summed E-state index contributed by atoms with van der Waals surface area (Å²) in [5.41, 5.74) is 2.98. The number of rotatable bonds is 4.